The van der Waals surface area contributed by atoms with E-state index in [0.29, 0.717) is 0 Å². The number of benzene rings is 1. The van der Waals surface area contributed by atoms with Crippen LogP contribution >= 0.6 is 11.6 Å². The first-order chi connectivity index (χ1) is 7.43. The summed E-state index contributed by atoms with van der Waals surface area (Å²) in [6.45, 7) is 0. The van der Waals surface area contributed by atoms with Crippen LogP contribution in [0.25, 0.3) is 0 Å². The fraction of sp³-hybridized carbons (Fsp3) is 0. The molecule has 0 bridgehead atoms. The van der Waals surface area contributed by atoms with Crippen molar-refractivity contribution in [3.05, 3.63) is 28.3 Å². The molecule has 5 nitrogen and oxygen atoms in total. The van der Waals surface area contributed by atoms with Crippen LogP contribution in [-0.2, 0) is 0 Å². The van der Waals surface area contributed by atoms with Crippen molar-refractivity contribution in [2.24, 2.45) is 0 Å². The molecule has 1 aromatic carbocycles. The van der Waals surface area contributed by atoms with Crippen molar-refractivity contribution < 1.29 is 24.9 Å². The molecule has 16 heavy (non-hydrogen) atoms. The minimum atomic E-state index is -0.774. The number of Topliss-reactive ketones (excluding diaryl/α,β-unsaturated/α-hetero) is 1. The van der Waals surface area contributed by atoms with Crippen LogP contribution in [-0.4, -0.2) is 26.9 Å². The van der Waals surface area contributed by atoms with Gasteiger partial charge in [0.1, 0.15) is 5.75 Å². The van der Waals surface area contributed by atoms with E-state index in [-0.39, 0.29) is 5.03 Å². The Morgan fingerprint density at radius 3 is 2.25 bits per heavy atom. The molecule has 1 aromatic rings. The maximum Gasteiger partial charge on any atom is 0.209 e. The zero-order chi connectivity index (χ0) is 12.0. The predicted molar refractivity (Wildman–Crippen MR) is 54.0 cm³/mol. The SMILES string of the molecule is O=C1C(Cl)=CC(=O)c2c(O)c(O)cc(O)c21. The van der Waals surface area contributed by atoms with E-state index < -0.39 is 39.9 Å². The summed E-state index contributed by atoms with van der Waals surface area (Å²) in [5, 5.41) is 27.7. The van der Waals surface area contributed by atoms with Gasteiger partial charge in [-0.15, -0.1) is 0 Å². The molecular formula is C10H5ClO5. The van der Waals surface area contributed by atoms with Crippen LogP contribution < -0.4 is 0 Å². The number of ketones is 2. The quantitative estimate of drug-likeness (QED) is 0.469. The van der Waals surface area contributed by atoms with E-state index in [1.54, 1.807) is 0 Å². The number of carbonyl (C=O) groups excluding carboxylic acids is 2. The van der Waals surface area contributed by atoms with Gasteiger partial charge in [0.25, 0.3) is 0 Å². The molecular weight excluding hydrogens is 236 g/mol. The molecule has 0 heterocycles. The monoisotopic (exact) mass is 240 g/mol. The van der Waals surface area contributed by atoms with E-state index >= 15 is 0 Å². The van der Waals surface area contributed by atoms with E-state index in [4.69, 9.17) is 11.6 Å². The molecule has 0 spiro atoms. The van der Waals surface area contributed by atoms with E-state index in [0.717, 1.165) is 12.1 Å². The molecule has 0 saturated carbocycles. The highest BCUT2D eigenvalue weighted by Crippen LogP contribution is 2.41. The van der Waals surface area contributed by atoms with E-state index in [2.05, 4.69) is 0 Å². The number of hydrogen-bond acceptors (Lipinski definition) is 5. The topological polar surface area (TPSA) is 94.8 Å². The molecule has 82 valence electrons. The first-order valence-electron chi connectivity index (χ1n) is 4.17. The van der Waals surface area contributed by atoms with Gasteiger partial charge in [-0.1, -0.05) is 11.6 Å². The van der Waals surface area contributed by atoms with Gasteiger partial charge in [0.15, 0.2) is 17.3 Å². The van der Waals surface area contributed by atoms with E-state index in [1.165, 1.54) is 0 Å². The standard InChI is InChI=1S/C10H5ClO5/c11-3-1-4(12)8-7(9(3)15)5(13)2-6(14)10(8)16/h1-2,13-14,16H. The van der Waals surface area contributed by atoms with Gasteiger partial charge in [-0.25, -0.2) is 0 Å². The molecule has 1 aliphatic rings. The van der Waals surface area contributed by atoms with Crippen molar-refractivity contribution in [2.75, 3.05) is 0 Å². The van der Waals surface area contributed by atoms with Gasteiger partial charge < -0.3 is 15.3 Å². The Bertz CT molecular complexity index is 559. The molecule has 0 atom stereocenters. The molecule has 0 fully saturated rings. The van der Waals surface area contributed by atoms with E-state index in [9.17, 15) is 24.9 Å². The van der Waals surface area contributed by atoms with Crippen LogP contribution in [0.15, 0.2) is 17.2 Å². The molecule has 1 aliphatic carbocycles. The first kappa shape index (κ1) is 10.5. The lowest BCUT2D eigenvalue weighted by Gasteiger charge is -2.14. The third-order valence-corrected chi connectivity index (χ3v) is 2.49. The molecule has 6 heteroatoms. The fourth-order valence-electron chi connectivity index (χ4n) is 1.49. The Morgan fingerprint density at radius 2 is 1.62 bits per heavy atom. The zero-order valence-corrected chi connectivity index (χ0v) is 8.45. The molecule has 0 unspecified atom stereocenters. The molecule has 3 N–H and O–H groups in total. The van der Waals surface area contributed by atoms with Crippen molar-refractivity contribution in [1.29, 1.82) is 0 Å². The van der Waals surface area contributed by atoms with Crippen LogP contribution in [0.1, 0.15) is 20.7 Å². The summed E-state index contributed by atoms with van der Waals surface area (Å²) in [7, 11) is 0. The third-order valence-electron chi connectivity index (χ3n) is 2.21. The number of fused-ring (bicyclic) bond motifs is 1. The minimum absolute atomic E-state index is 0.349. The van der Waals surface area contributed by atoms with Crippen molar-refractivity contribution in [1.82, 2.24) is 0 Å². The Balaban J connectivity index is 2.87. The largest absolute Gasteiger partial charge is 0.507 e. The number of hydrogen-bond donors (Lipinski definition) is 3. The number of aromatic hydroxyl groups is 3. The number of rotatable bonds is 0. The lowest BCUT2D eigenvalue weighted by Crippen LogP contribution is -2.15. The minimum Gasteiger partial charge on any atom is -0.507 e. The van der Waals surface area contributed by atoms with Gasteiger partial charge in [0.05, 0.1) is 16.2 Å². The van der Waals surface area contributed by atoms with Gasteiger partial charge in [0, 0.05) is 12.1 Å². The van der Waals surface area contributed by atoms with Crippen molar-refractivity contribution in [3.8, 4) is 17.2 Å². The Kier molecular flexibility index (Phi) is 2.13. The Labute approximate surface area is 94.2 Å². The molecule has 0 aromatic heterocycles. The number of phenolic OH excluding ortho intramolecular Hbond substituents is 3. The van der Waals surface area contributed by atoms with Crippen molar-refractivity contribution in [3.63, 3.8) is 0 Å². The van der Waals surface area contributed by atoms with Gasteiger partial charge in [-0.05, 0) is 0 Å². The number of halogens is 1. The zero-order valence-electron chi connectivity index (χ0n) is 7.69. The summed E-state index contributed by atoms with van der Waals surface area (Å²) >= 11 is 5.49. The van der Waals surface area contributed by atoms with Crippen LogP contribution in [0, 0.1) is 0 Å². The summed E-state index contributed by atoms with van der Waals surface area (Å²) < 4.78 is 0. The fourth-order valence-corrected chi connectivity index (χ4v) is 1.68. The second kappa shape index (κ2) is 3.24. The lowest BCUT2D eigenvalue weighted by molar-refractivity contribution is 0.0985. The van der Waals surface area contributed by atoms with Crippen molar-refractivity contribution >= 4 is 23.2 Å². The van der Waals surface area contributed by atoms with Crippen LogP contribution in [0.5, 0.6) is 17.2 Å². The molecule has 0 saturated heterocycles. The second-order valence-corrected chi connectivity index (χ2v) is 3.61. The second-order valence-electron chi connectivity index (χ2n) is 3.20. The summed E-state index contributed by atoms with van der Waals surface area (Å²) in [5.74, 6) is -3.54. The average molecular weight is 241 g/mol. The maximum absolute atomic E-state index is 11.5. The highest BCUT2D eigenvalue weighted by molar-refractivity contribution is 6.49. The lowest BCUT2D eigenvalue weighted by atomic mass is 9.92. The van der Waals surface area contributed by atoms with Crippen LogP contribution in [0.4, 0.5) is 0 Å². The summed E-state index contributed by atoms with van der Waals surface area (Å²) in [6, 6.07) is 0.773. The summed E-state index contributed by atoms with van der Waals surface area (Å²) in [5.41, 5.74) is -0.834. The first-order valence-corrected chi connectivity index (χ1v) is 4.55. The molecule has 2 rings (SSSR count). The number of phenols is 3. The smallest absolute Gasteiger partial charge is 0.209 e. The number of allylic oxidation sites excluding steroid dienone is 2. The summed E-state index contributed by atoms with van der Waals surface area (Å²) in [6.07, 6.45) is 0.824. The van der Waals surface area contributed by atoms with Crippen LogP contribution in [0.3, 0.4) is 0 Å². The van der Waals surface area contributed by atoms with Gasteiger partial charge in [-0.2, -0.15) is 0 Å². The third kappa shape index (κ3) is 1.25. The molecule has 0 amide bonds. The van der Waals surface area contributed by atoms with Crippen molar-refractivity contribution in [2.45, 2.75) is 0 Å². The van der Waals surface area contributed by atoms with Crippen LogP contribution in [0.2, 0.25) is 0 Å². The van der Waals surface area contributed by atoms with Gasteiger partial charge >= 0.3 is 0 Å². The predicted octanol–water partition coefficient (Wildman–Crippen LogP) is 1.31. The normalized spacial score (nSPS) is 14.7. The Hall–Kier alpha value is -2.01. The van der Waals surface area contributed by atoms with Gasteiger partial charge in [-0.3, -0.25) is 9.59 Å². The molecule has 0 aliphatic heterocycles. The van der Waals surface area contributed by atoms with E-state index in [1.807, 2.05) is 0 Å². The number of carbonyl (C=O) groups is 2. The average Bonchev–Trinajstić information content (AvgIpc) is 2.20. The summed E-state index contributed by atoms with van der Waals surface area (Å²) in [4.78, 5) is 23.0. The highest BCUT2D eigenvalue weighted by atomic mass is 35.5. The molecule has 0 radical (unpaired) electrons. The Morgan fingerprint density at radius 1 is 1.00 bits per heavy atom. The van der Waals surface area contributed by atoms with Gasteiger partial charge in [0.2, 0.25) is 5.78 Å². The maximum atomic E-state index is 11.5. The highest BCUT2D eigenvalue weighted by Gasteiger charge is 2.32.